The Kier molecular flexibility index (Phi) is 7.60. The van der Waals surface area contributed by atoms with Crippen molar-refractivity contribution in [1.82, 2.24) is 9.80 Å². The molecule has 35 heavy (non-hydrogen) atoms. The number of hydrogen-bond donors (Lipinski definition) is 1. The van der Waals surface area contributed by atoms with Gasteiger partial charge < -0.3 is 29.1 Å². The van der Waals surface area contributed by atoms with Gasteiger partial charge in [0.1, 0.15) is 24.7 Å². The van der Waals surface area contributed by atoms with Gasteiger partial charge in [0, 0.05) is 18.7 Å². The predicted octanol–water partition coefficient (Wildman–Crippen LogP) is 3.62. The summed E-state index contributed by atoms with van der Waals surface area (Å²) in [4.78, 5) is 29.8. The summed E-state index contributed by atoms with van der Waals surface area (Å²) in [5.41, 5.74) is 1.15. The summed E-state index contributed by atoms with van der Waals surface area (Å²) in [5, 5.41) is 11.3. The van der Waals surface area contributed by atoms with Crippen LogP contribution in [0.1, 0.15) is 36.9 Å². The SMILES string of the molecule is CCCCOc1cccc(C2C(=C(O)c3ccc4c(c3)OCCO4)C(=O)C(=O)N2CCN(C)C)c1. The lowest BCUT2D eigenvalue weighted by Crippen LogP contribution is -2.35. The fourth-order valence-corrected chi connectivity index (χ4v) is 4.22. The molecule has 0 aliphatic carbocycles. The van der Waals surface area contributed by atoms with Crippen LogP contribution in [0.15, 0.2) is 48.0 Å². The smallest absolute Gasteiger partial charge is 0.295 e. The number of aliphatic hydroxyl groups excluding tert-OH is 1. The Balaban J connectivity index is 1.77. The second kappa shape index (κ2) is 10.8. The van der Waals surface area contributed by atoms with Gasteiger partial charge in [0.2, 0.25) is 0 Å². The van der Waals surface area contributed by atoms with Gasteiger partial charge in [0.25, 0.3) is 11.7 Å². The van der Waals surface area contributed by atoms with Gasteiger partial charge in [-0.15, -0.1) is 0 Å². The average molecular weight is 481 g/mol. The maximum Gasteiger partial charge on any atom is 0.295 e. The molecule has 8 nitrogen and oxygen atoms in total. The van der Waals surface area contributed by atoms with Crippen LogP contribution in [0.3, 0.4) is 0 Å². The molecule has 4 rings (SSSR count). The minimum atomic E-state index is -0.738. The van der Waals surface area contributed by atoms with E-state index < -0.39 is 17.7 Å². The van der Waals surface area contributed by atoms with Crippen LogP contribution in [-0.2, 0) is 9.59 Å². The van der Waals surface area contributed by atoms with Crippen molar-refractivity contribution in [2.45, 2.75) is 25.8 Å². The molecule has 0 radical (unpaired) electrons. The first-order valence-electron chi connectivity index (χ1n) is 12.0. The van der Waals surface area contributed by atoms with E-state index in [-0.39, 0.29) is 11.3 Å². The number of hydrogen-bond acceptors (Lipinski definition) is 7. The highest BCUT2D eigenvalue weighted by Crippen LogP contribution is 2.41. The van der Waals surface area contributed by atoms with Gasteiger partial charge in [-0.25, -0.2) is 0 Å². The van der Waals surface area contributed by atoms with Crippen molar-refractivity contribution in [3.63, 3.8) is 0 Å². The average Bonchev–Trinajstić information content (AvgIpc) is 3.12. The molecule has 1 saturated heterocycles. The van der Waals surface area contributed by atoms with Crippen LogP contribution in [0.5, 0.6) is 17.2 Å². The number of Topliss-reactive ketones (excluding diaryl/α,β-unsaturated/α-hetero) is 1. The molecule has 2 aromatic carbocycles. The number of benzene rings is 2. The van der Waals surface area contributed by atoms with E-state index in [0.29, 0.717) is 61.3 Å². The molecular weight excluding hydrogens is 448 g/mol. The molecule has 1 N–H and O–H groups in total. The van der Waals surface area contributed by atoms with Gasteiger partial charge in [-0.3, -0.25) is 9.59 Å². The van der Waals surface area contributed by atoms with E-state index in [1.165, 1.54) is 4.90 Å². The molecule has 0 saturated carbocycles. The van der Waals surface area contributed by atoms with Gasteiger partial charge >= 0.3 is 0 Å². The van der Waals surface area contributed by atoms with E-state index in [0.717, 1.165) is 12.8 Å². The molecule has 0 aromatic heterocycles. The van der Waals surface area contributed by atoms with E-state index in [2.05, 4.69) is 6.92 Å². The number of rotatable bonds is 9. The Hall–Kier alpha value is -3.52. The second-order valence-electron chi connectivity index (χ2n) is 8.93. The summed E-state index contributed by atoms with van der Waals surface area (Å²) in [7, 11) is 3.81. The van der Waals surface area contributed by atoms with Gasteiger partial charge in [-0.1, -0.05) is 25.5 Å². The summed E-state index contributed by atoms with van der Waals surface area (Å²) in [6.45, 7) is 4.43. The van der Waals surface area contributed by atoms with Crippen LogP contribution in [0, 0.1) is 0 Å². The van der Waals surface area contributed by atoms with Crippen molar-refractivity contribution in [2.24, 2.45) is 0 Å². The quantitative estimate of drug-likeness (QED) is 0.254. The van der Waals surface area contributed by atoms with Crippen molar-refractivity contribution < 1.29 is 28.9 Å². The summed E-state index contributed by atoms with van der Waals surface area (Å²) in [6.07, 6.45) is 1.94. The Bertz CT molecular complexity index is 1130. The molecule has 0 bridgehead atoms. The number of fused-ring (bicyclic) bond motifs is 1. The molecule has 2 aliphatic rings. The Labute approximate surface area is 205 Å². The number of carbonyl (C=O) groups excluding carboxylic acids is 2. The number of likely N-dealkylation sites (N-methyl/N-ethyl adjacent to an activating group) is 1. The number of aliphatic hydroxyl groups is 1. The number of ether oxygens (including phenoxy) is 3. The summed E-state index contributed by atoms with van der Waals surface area (Å²) < 4.78 is 17.1. The van der Waals surface area contributed by atoms with E-state index in [1.54, 1.807) is 18.2 Å². The Morgan fingerprint density at radius 3 is 2.63 bits per heavy atom. The van der Waals surface area contributed by atoms with Crippen molar-refractivity contribution in [3.8, 4) is 17.2 Å². The molecule has 1 atom stereocenters. The van der Waals surface area contributed by atoms with Crippen LogP contribution in [-0.4, -0.2) is 73.6 Å². The topological polar surface area (TPSA) is 88.5 Å². The molecule has 2 aromatic rings. The monoisotopic (exact) mass is 480 g/mol. The molecule has 0 spiro atoms. The minimum Gasteiger partial charge on any atom is -0.507 e. The molecule has 1 fully saturated rings. The number of carbonyl (C=O) groups is 2. The maximum absolute atomic E-state index is 13.2. The van der Waals surface area contributed by atoms with Crippen molar-refractivity contribution in [2.75, 3.05) is 47.0 Å². The molecule has 2 aliphatic heterocycles. The highest BCUT2D eigenvalue weighted by atomic mass is 16.6. The highest BCUT2D eigenvalue weighted by molar-refractivity contribution is 6.46. The van der Waals surface area contributed by atoms with Gasteiger partial charge in [0.15, 0.2) is 11.5 Å². The minimum absolute atomic E-state index is 0.0520. The van der Waals surface area contributed by atoms with Crippen LogP contribution in [0.4, 0.5) is 0 Å². The summed E-state index contributed by atoms with van der Waals surface area (Å²) >= 11 is 0. The number of unbranched alkanes of at least 4 members (excludes halogenated alkanes) is 1. The van der Waals surface area contributed by atoms with E-state index in [1.807, 2.05) is 43.3 Å². The lowest BCUT2D eigenvalue weighted by Gasteiger charge is -2.27. The molecule has 1 amide bonds. The first-order valence-corrected chi connectivity index (χ1v) is 12.0. The highest BCUT2D eigenvalue weighted by Gasteiger charge is 2.46. The Morgan fingerprint density at radius 2 is 1.89 bits per heavy atom. The first-order chi connectivity index (χ1) is 16.9. The largest absolute Gasteiger partial charge is 0.507 e. The molecule has 186 valence electrons. The van der Waals surface area contributed by atoms with Gasteiger partial charge in [0.05, 0.1) is 18.2 Å². The standard InChI is InChI=1S/C27H32N2O6/c1-4-5-13-33-20-8-6-7-18(16-20)24-23(26(31)27(32)29(24)12-11-28(2)3)25(30)19-9-10-21-22(17-19)35-15-14-34-21/h6-10,16-17,24,30H,4-5,11-15H2,1-3H3. The first kappa shape index (κ1) is 24.6. The zero-order valence-electron chi connectivity index (χ0n) is 20.5. The zero-order chi connectivity index (χ0) is 24.9. The van der Waals surface area contributed by atoms with Crippen molar-refractivity contribution >= 4 is 17.4 Å². The number of nitrogens with zero attached hydrogens (tertiary/aromatic N) is 2. The Morgan fingerprint density at radius 1 is 1.11 bits per heavy atom. The molecule has 8 heteroatoms. The summed E-state index contributed by atoms with van der Waals surface area (Å²) in [6, 6.07) is 11.6. The zero-order valence-corrected chi connectivity index (χ0v) is 20.5. The van der Waals surface area contributed by atoms with Gasteiger partial charge in [-0.05, 0) is 56.4 Å². The molecular formula is C27H32N2O6. The maximum atomic E-state index is 13.2. The number of ketones is 1. The number of likely N-dealkylation sites (tertiary alicyclic amines) is 1. The third kappa shape index (κ3) is 5.27. The normalized spacial score (nSPS) is 18.9. The van der Waals surface area contributed by atoms with E-state index in [9.17, 15) is 14.7 Å². The lowest BCUT2D eigenvalue weighted by molar-refractivity contribution is -0.140. The van der Waals surface area contributed by atoms with E-state index >= 15 is 0 Å². The lowest BCUT2D eigenvalue weighted by atomic mass is 9.95. The van der Waals surface area contributed by atoms with Crippen LogP contribution in [0.2, 0.25) is 0 Å². The van der Waals surface area contributed by atoms with Crippen LogP contribution >= 0.6 is 0 Å². The summed E-state index contributed by atoms with van der Waals surface area (Å²) in [5.74, 6) is 0.146. The fraction of sp³-hybridized carbons (Fsp3) is 0.407. The van der Waals surface area contributed by atoms with Crippen molar-refractivity contribution in [1.29, 1.82) is 0 Å². The van der Waals surface area contributed by atoms with Gasteiger partial charge in [-0.2, -0.15) is 0 Å². The predicted molar refractivity (Wildman–Crippen MR) is 132 cm³/mol. The second-order valence-corrected chi connectivity index (χ2v) is 8.93. The third-order valence-corrected chi connectivity index (χ3v) is 6.08. The van der Waals surface area contributed by atoms with E-state index in [4.69, 9.17) is 14.2 Å². The van der Waals surface area contributed by atoms with Crippen LogP contribution < -0.4 is 14.2 Å². The molecule has 1 unspecified atom stereocenters. The third-order valence-electron chi connectivity index (χ3n) is 6.08. The van der Waals surface area contributed by atoms with Crippen molar-refractivity contribution in [3.05, 3.63) is 59.2 Å². The van der Waals surface area contributed by atoms with Crippen LogP contribution in [0.25, 0.3) is 5.76 Å². The fourth-order valence-electron chi connectivity index (χ4n) is 4.22. The molecule has 2 heterocycles. The number of amides is 1.